The monoisotopic (exact) mass is 244 g/mol. The summed E-state index contributed by atoms with van der Waals surface area (Å²) in [6.07, 6.45) is 2.23. The molecular formula is C10H20N4O3. The van der Waals surface area contributed by atoms with Gasteiger partial charge in [-0.1, -0.05) is 0 Å². The molecule has 3 N–H and O–H groups in total. The van der Waals surface area contributed by atoms with Crippen molar-refractivity contribution in [1.29, 1.82) is 0 Å². The van der Waals surface area contributed by atoms with Crippen LogP contribution in [0.2, 0.25) is 0 Å². The molecule has 0 aliphatic rings. The lowest BCUT2D eigenvalue weighted by molar-refractivity contribution is -0.255. The summed E-state index contributed by atoms with van der Waals surface area (Å²) in [4.78, 5) is 3.78. The van der Waals surface area contributed by atoms with Crippen LogP contribution < -0.4 is 5.73 Å². The van der Waals surface area contributed by atoms with Gasteiger partial charge in [-0.15, -0.1) is 0 Å². The van der Waals surface area contributed by atoms with Gasteiger partial charge in [-0.2, -0.15) is 5.10 Å². The molecule has 0 saturated heterocycles. The quantitative estimate of drug-likeness (QED) is 0.668. The molecule has 0 spiro atoms. The van der Waals surface area contributed by atoms with E-state index >= 15 is 0 Å². The first kappa shape index (κ1) is 14.0. The van der Waals surface area contributed by atoms with E-state index in [4.69, 9.17) is 15.2 Å². The second kappa shape index (κ2) is 5.09. The molecule has 7 heteroatoms. The van der Waals surface area contributed by atoms with E-state index < -0.39 is 17.6 Å². The number of aliphatic hydroxyl groups is 1. The van der Waals surface area contributed by atoms with E-state index in [1.165, 1.54) is 24.4 Å². The zero-order valence-corrected chi connectivity index (χ0v) is 10.6. The van der Waals surface area contributed by atoms with Gasteiger partial charge in [0, 0.05) is 7.11 Å². The molecule has 0 aliphatic heterocycles. The number of aromatic nitrogens is 3. The second-order valence-corrected chi connectivity index (χ2v) is 4.45. The van der Waals surface area contributed by atoms with Crippen LogP contribution >= 0.6 is 0 Å². The Labute approximate surface area is 101 Å². The fraction of sp³-hybridized carbons (Fsp3) is 0.800. The topological polar surface area (TPSA) is 95.4 Å². The van der Waals surface area contributed by atoms with Gasteiger partial charge < -0.3 is 14.6 Å². The lowest BCUT2D eigenvalue weighted by atomic mass is 10.1. The van der Waals surface area contributed by atoms with Gasteiger partial charge >= 0.3 is 0 Å². The maximum atomic E-state index is 10.1. The SMILES string of the molecule is COC(C)(C)O[C@H](C)[C@](N)(O)Cn1cncn1. The van der Waals surface area contributed by atoms with Crippen molar-refractivity contribution in [3.05, 3.63) is 12.7 Å². The van der Waals surface area contributed by atoms with Crippen molar-refractivity contribution < 1.29 is 14.6 Å². The molecule has 1 aromatic heterocycles. The van der Waals surface area contributed by atoms with Crippen LogP contribution in [0.3, 0.4) is 0 Å². The summed E-state index contributed by atoms with van der Waals surface area (Å²) >= 11 is 0. The Morgan fingerprint density at radius 2 is 2.18 bits per heavy atom. The number of rotatable bonds is 6. The third-order valence-electron chi connectivity index (χ3n) is 2.54. The summed E-state index contributed by atoms with van der Waals surface area (Å²) in [7, 11) is 1.53. The normalized spacial score (nSPS) is 17.8. The lowest BCUT2D eigenvalue weighted by Crippen LogP contribution is -2.56. The zero-order chi connectivity index (χ0) is 13.1. The van der Waals surface area contributed by atoms with E-state index in [1.54, 1.807) is 20.8 Å². The van der Waals surface area contributed by atoms with Crippen molar-refractivity contribution >= 4 is 0 Å². The van der Waals surface area contributed by atoms with Crippen LogP contribution in [0.1, 0.15) is 20.8 Å². The Morgan fingerprint density at radius 3 is 2.65 bits per heavy atom. The van der Waals surface area contributed by atoms with Crippen molar-refractivity contribution in [3.8, 4) is 0 Å². The Morgan fingerprint density at radius 1 is 1.53 bits per heavy atom. The third kappa shape index (κ3) is 4.04. The van der Waals surface area contributed by atoms with Crippen LogP contribution in [-0.2, 0) is 16.0 Å². The maximum absolute atomic E-state index is 10.1. The molecule has 2 atom stereocenters. The Kier molecular flexibility index (Phi) is 4.21. The molecule has 0 aromatic carbocycles. The lowest BCUT2D eigenvalue weighted by Gasteiger charge is -2.35. The number of nitrogens with two attached hydrogens (primary N) is 1. The van der Waals surface area contributed by atoms with E-state index in [0.717, 1.165) is 0 Å². The first-order chi connectivity index (χ1) is 7.77. The molecule has 1 heterocycles. The van der Waals surface area contributed by atoms with E-state index in [-0.39, 0.29) is 6.54 Å². The van der Waals surface area contributed by atoms with Crippen molar-refractivity contribution in [2.75, 3.05) is 7.11 Å². The van der Waals surface area contributed by atoms with Crippen molar-refractivity contribution in [3.63, 3.8) is 0 Å². The summed E-state index contributed by atoms with van der Waals surface area (Å²) < 4.78 is 12.1. The maximum Gasteiger partial charge on any atom is 0.162 e. The fourth-order valence-corrected chi connectivity index (χ4v) is 1.28. The summed E-state index contributed by atoms with van der Waals surface area (Å²) in [5.41, 5.74) is 4.25. The first-order valence-corrected chi connectivity index (χ1v) is 5.33. The number of nitrogens with zero attached hydrogens (tertiary/aromatic N) is 3. The average Bonchev–Trinajstić information content (AvgIpc) is 2.69. The zero-order valence-electron chi connectivity index (χ0n) is 10.6. The minimum Gasteiger partial charge on any atom is -0.371 e. The number of hydrogen-bond donors (Lipinski definition) is 2. The van der Waals surface area contributed by atoms with Gasteiger partial charge in [0.05, 0.1) is 6.54 Å². The van der Waals surface area contributed by atoms with Gasteiger partial charge in [0.1, 0.15) is 18.8 Å². The molecule has 0 unspecified atom stereocenters. The molecule has 0 aliphatic carbocycles. The minimum absolute atomic E-state index is 0.0912. The van der Waals surface area contributed by atoms with Gasteiger partial charge in [0.25, 0.3) is 0 Å². The Bertz CT molecular complexity index is 337. The van der Waals surface area contributed by atoms with Gasteiger partial charge in [-0.25, -0.2) is 9.67 Å². The van der Waals surface area contributed by atoms with Crippen LogP contribution in [0.4, 0.5) is 0 Å². The molecule has 0 bridgehead atoms. The van der Waals surface area contributed by atoms with E-state index in [2.05, 4.69) is 10.1 Å². The van der Waals surface area contributed by atoms with E-state index in [9.17, 15) is 5.11 Å². The Hall–Kier alpha value is -1.02. The second-order valence-electron chi connectivity index (χ2n) is 4.45. The molecule has 1 aromatic rings. The standard InChI is InChI=1S/C10H20N4O3/c1-8(17-9(2,3)16-4)10(11,15)5-14-7-12-6-13-14/h6-8,15H,5,11H2,1-4H3/t8-,10-/m1/s1. The number of methoxy groups -OCH3 is 1. The molecule has 7 nitrogen and oxygen atoms in total. The summed E-state index contributed by atoms with van der Waals surface area (Å²) in [5.74, 6) is -0.810. The van der Waals surface area contributed by atoms with Crippen LogP contribution in [0, 0.1) is 0 Å². The molecule has 98 valence electrons. The highest BCUT2D eigenvalue weighted by Gasteiger charge is 2.35. The van der Waals surface area contributed by atoms with Crippen LogP contribution in [0.25, 0.3) is 0 Å². The highest BCUT2D eigenvalue weighted by molar-refractivity contribution is 4.80. The molecule has 17 heavy (non-hydrogen) atoms. The van der Waals surface area contributed by atoms with Crippen LogP contribution in [0.5, 0.6) is 0 Å². The van der Waals surface area contributed by atoms with Crippen molar-refractivity contribution in [2.24, 2.45) is 5.73 Å². The summed E-state index contributed by atoms with van der Waals surface area (Å²) in [5, 5.41) is 14.0. The summed E-state index contributed by atoms with van der Waals surface area (Å²) in [6.45, 7) is 5.26. The highest BCUT2D eigenvalue weighted by atomic mass is 16.7. The fourth-order valence-electron chi connectivity index (χ4n) is 1.28. The van der Waals surface area contributed by atoms with E-state index in [1.807, 2.05) is 0 Å². The highest BCUT2D eigenvalue weighted by Crippen LogP contribution is 2.18. The largest absolute Gasteiger partial charge is 0.371 e. The minimum atomic E-state index is -1.55. The van der Waals surface area contributed by atoms with Gasteiger partial charge in [-0.3, -0.25) is 5.73 Å². The number of ether oxygens (including phenoxy) is 2. The van der Waals surface area contributed by atoms with Crippen LogP contribution in [0.15, 0.2) is 12.7 Å². The molecule has 0 saturated carbocycles. The van der Waals surface area contributed by atoms with Gasteiger partial charge in [-0.05, 0) is 20.8 Å². The molecular weight excluding hydrogens is 224 g/mol. The molecule has 0 amide bonds. The first-order valence-electron chi connectivity index (χ1n) is 5.33. The van der Waals surface area contributed by atoms with Crippen molar-refractivity contribution in [1.82, 2.24) is 14.8 Å². The number of hydrogen-bond acceptors (Lipinski definition) is 6. The molecule has 0 radical (unpaired) electrons. The Balaban J connectivity index is 2.63. The van der Waals surface area contributed by atoms with Gasteiger partial charge in [0.2, 0.25) is 0 Å². The predicted molar refractivity (Wildman–Crippen MR) is 60.8 cm³/mol. The predicted octanol–water partition coefficient (Wildman–Crippen LogP) is -0.287. The average molecular weight is 244 g/mol. The summed E-state index contributed by atoms with van der Waals surface area (Å²) in [6, 6.07) is 0. The van der Waals surface area contributed by atoms with Crippen molar-refractivity contribution in [2.45, 2.75) is 44.9 Å². The molecule has 1 rings (SSSR count). The van der Waals surface area contributed by atoms with E-state index in [0.29, 0.717) is 0 Å². The molecule has 0 fully saturated rings. The van der Waals surface area contributed by atoms with Crippen LogP contribution in [-0.4, -0.2) is 44.6 Å². The van der Waals surface area contributed by atoms with Gasteiger partial charge in [0.15, 0.2) is 11.5 Å². The third-order valence-corrected chi connectivity index (χ3v) is 2.54. The smallest absolute Gasteiger partial charge is 0.162 e.